The van der Waals surface area contributed by atoms with Crippen LogP contribution < -0.4 is 48.0 Å². The van der Waals surface area contributed by atoms with E-state index in [4.69, 9.17) is 0 Å². The van der Waals surface area contributed by atoms with Gasteiger partial charge < -0.3 is 53.4 Å². The largest absolute Gasteiger partial charge is 4.00 e. The molecule has 0 rings (SSSR count). The maximum Gasteiger partial charge on any atom is 4.00 e. The molecule has 1 nitrogen and oxygen atoms in total. The third-order valence-electron chi connectivity index (χ3n) is 0. The molecule has 0 aliphatic carbocycles. The zero-order chi connectivity index (χ0) is 0. The molecule has 0 spiro atoms. The average molecular weight is 318 g/mol. The molecule has 0 aliphatic rings. The van der Waals surface area contributed by atoms with Crippen molar-refractivity contribution in [3.63, 3.8) is 0 Å². The summed E-state index contributed by atoms with van der Waals surface area (Å²) in [4.78, 5) is 0. The SMILES string of the molecule is [I-].[I-].[O-2].[Ti+4]. The van der Waals surface area contributed by atoms with Crippen molar-refractivity contribution in [2.45, 2.75) is 0 Å². The van der Waals surface area contributed by atoms with E-state index in [0.717, 1.165) is 0 Å². The van der Waals surface area contributed by atoms with Crippen LogP contribution in [-0.2, 0) is 27.2 Å². The first-order valence-corrected chi connectivity index (χ1v) is 0. The number of halogens is 2. The minimum atomic E-state index is 0. The Morgan fingerprint density at radius 2 is 0.750 bits per heavy atom. The summed E-state index contributed by atoms with van der Waals surface area (Å²) in [5, 5.41) is 0. The molecule has 24 valence electrons. The zero-order valence-corrected chi connectivity index (χ0v) is 7.54. The quantitative estimate of drug-likeness (QED) is 0.314. The van der Waals surface area contributed by atoms with Crippen molar-refractivity contribution in [1.82, 2.24) is 0 Å². The second kappa shape index (κ2) is 19.3. The van der Waals surface area contributed by atoms with Gasteiger partial charge >= 0.3 is 21.7 Å². The van der Waals surface area contributed by atoms with Crippen molar-refractivity contribution in [1.29, 1.82) is 0 Å². The second-order valence-electron chi connectivity index (χ2n) is 0. The summed E-state index contributed by atoms with van der Waals surface area (Å²) in [5.41, 5.74) is 0. The summed E-state index contributed by atoms with van der Waals surface area (Å²) >= 11 is 0. The first kappa shape index (κ1) is 35.5. The van der Waals surface area contributed by atoms with E-state index in [9.17, 15) is 0 Å². The molecule has 0 bridgehead atoms. The topological polar surface area (TPSA) is 28.5 Å². The molecular formula is I2OTi. The van der Waals surface area contributed by atoms with Crippen LogP contribution in [0.15, 0.2) is 0 Å². The van der Waals surface area contributed by atoms with E-state index < -0.39 is 0 Å². The second-order valence-corrected chi connectivity index (χ2v) is 0. The molecule has 0 fully saturated rings. The first-order chi connectivity index (χ1) is 0. The van der Waals surface area contributed by atoms with E-state index in [1.54, 1.807) is 0 Å². The molecule has 0 aromatic rings. The van der Waals surface area contributed by atoms with Gasteiger partial charge in [0.2, 0.25) is 0 Å². The molecule has 0 saturated heterocycles. The van der Waals surface area contributed by atoms with Crippen molar-refractivity contribution < 1.29 is 75.1 Å². The zero-order valence-electron chi connectivity index (χ0n) is 1.66. The van der Waals surface area contributed by atoms with E-state index in [-0.39, 0.29) is 75.1 Å². The Labute approximate surface area is 74.1 Å². The summed E-state index contributed by atoms with van der Waals surface area (Å²) in [7, 11) is 0. The Hall–Kier alpha value is 2.13. The van der Waals surface area contributed by atoms with Gasteiger partial charge in [0.1, 0.15) is 0 Å². The van der Waals surface area contributed by atoms with Crippen molar-refractivity contribution in [2.24, 2.45) is 0 Å². The summed E-state index contributed by atoms with van der Waals surface area (Å²) < 4.78 is 0. The molecule has 0 aromatic carbocycles. The standard InChI is InChI=1S/2HI.O.Ti/h2*1H;;/q;;-2;+4/p-2. The Kier molecular flexibility index (Phi) is 171. The molecule has 4 heteroatoms. The maximum absolute atomic E-state index is 0. The Morgan fingerprint density at radius 1 is 0.750 bits per heavy atom. The van der Waals surface area contributed by atoms with E-state index >= 15 is 0 Å². The summed E-state index contributed by atoms with van der Waals surface area (Å²) in [6.07, 6.45) is 0. The van der Waals surface area contributed by atoms with E-state index in [2.05, 4.69) is 0 Å². The van der Waals surface area contributed by atoms with Crippen LogP contribution >= 0.6 is 0 Å². The van der Waals surface area contributed by atoms with Crippen LogP contribution in [-0.4, -0.2) is 0 Å². The molecular weight excluding hydrogens is 318 g/mol. The van der Waals surface area contributed by atoms with Crippen molar-refractivity contribution >= 4 is 0 Å². The molecule has 0 amide bonds. The van der Waals surface area contributed by atoms with Crippen molar-refractivity contribution in [3.05, 3.63) is 0 Å². The number of rotatable bonds is 0. The fourth-order valence-electron chi connectivity index (χ4n) is 0. The molecule has 0 saturated carbocycles. The molecule has 0 aliphatic heterocycles. The molecule has 0 heterocycles. The third kappa shape index (κ3) is 8.92. The van der Waals surface area contributed by atoms with Gasteiger partial charge in [-0.2, -0.15) is 0 Å². The summed E-state index contributed by atoms with van der Waals surface area (Å²) in [6.45, 7) is 0. The van der Waals surface area contributed by atoms with Gasteiger partial charge in [0.05, 0.1) is 0 Å². The van der Waals surface area contributed by atoms with Crippen LogP contribution in [0.2, 0.25) is 0 Å². The number of hydrogen-bond acceptors (Lipinski definition) is 0. The van der Waals surface area contributed by atoms with Crippen molar-refractivity contribution in [2.75, 3.05) is 0 Å². The molecule has 0 radical (unpaired) electrons. The minimum absolute atomic E-state index is 0. The predicted molar refractivity (Wildman–Crippen MR) is 0.686 cm³/mol. The number of hydrogen-bond donors (Lipinski definition) is 0. The van der Waals surface area contributed by atoms with Gasteiger partial charge in [-0.15, -0.1) is 0 Å². The van der Waals surface area contributed by atoms with Gasteiger partial charge in [-0.3, -0.25) is 0 Å². The Balaban J connectivity index is 0. The van der Waals surface area contributed by atoms with Gasteiger partial charge in [-0.05, 0) is 0 Å². The predicted octanol–water partition coefficient (Wildman–Crippen LogP) is -6.11. The van der Waals surface area contributed by atoms with Gasteiger partial charge in [0.25, 0.3) is 0 Å². The van der Waals surface area contributed by atoms with Crippen LogP contribution in [0, 0.1) is 0 Å². The monoisotopic (exact) mass is 318 g/mol. The van der Waals surface area contributed by atoms with E-state index in [0.29, 0.717) is 0 Å². The normalized spacial score (nSPS) is 0. The van der Waals surface area contributed by atoms with E-state index in [1.165, 1.54) is 0 Å². The smallest absolute Gasteiger partial charge is 2.00 e. The van der Waals surface area contributed by atoms with Crippen molar-refractivity contribution in [3.8, 4) is 0 Å². The Morgan fingerprint density at radius 3 is 0.750 bits per heavy atom. The van der Waals surface area contributed by atoms with Gasteiger partial charge in [0, 0.05) is 0 Å². The summed E-state index contributed by atoms with van der Waals surface area (Å²) in [6, 6.07) is 0. The van der Waals surface area contributed by atoms with Crippen LogP contribution in [0.1, 0.15) is 0 Å². The first-order valence-electron chi connectivity index (χ1n) is 0. The minimum Gasteiger partial charge on any atom is -2.00 e. The van der Waals surface area contributed by atoms with Gasteiger partial charge in [-0.25, -0.2) is 0 Å². The maximum atomic E-state index is 0. The Bertz CT molecular complexity index is 6.00. The molecule has 0 atom stereocenters. The van der Waals surface area contributed by atoms with Gasteiger partial charge in [-0.1, -0.05) is 0 Å². The molecule has 4 heavy (non-hydrogen) atoms. The van der Waals surface area contributed by atoms with Crippen LogP contribution in [0.4, 0.5) is 0 Å². The fraction of sp³-hybridized carbons (Fsp3) is 0. The third-order valence-corrected chi connectivity index (χ3v) is 0. The van der Waals surface area contributed by atoms with Crippen LogP contribution in [0.25, 0.3) is 0 Å². The van der Waals surface area contributed by atoms with Gasteiger partial charge in [0.15, 0.2) is 0 Å². The molecule has 0 N–H and O–H groups in total. The molecule has 0 unspecified atom stereocenters. The fourth-order valence-corrected chi connectivity index (χ4v) is 0. The van der Waals surface area contributed by atoms with Crippen LogP contribution in [0.5, 0.6) is 0 Å². The average Bonchev–Trinajstić information content (AvgIpc) is 0. The summed E-state index contributed by atoms with van der Waals surface area (Å²) in [5.74, 6) is 0. The molecule has 0 aromatic heterocycles. The van der Waals surface area contributed by atoms with E-state index in [1.807, 2.05) is 0 Å². The van der Waals surface area contributed by atoms with Crippen LogP contribution in [0.3, 0.4) is 0 Å².